The fourth-order valence-electron chi connectivity index (χ4n) is 2.05. The van der Waals surface area contributed by atoms with E-state index in [-0.39, 0.29) is 5.69 Å². The van der Waals surface area contributed by atoms with Crippen molar-refractivity contribution < 1.29 is 14.4 Å². The molecular weight excluding hydrogens is 274 g/mol. The predicted octanol–water partition coefficient (Wildman–Crippen LogP) is 2.69. The number of nitrogen functional groups attached to an aromatic ring is 1. The van der Waals surface area contributed by atoms with Crippen LogP contribution >= 0.6 is 0 Å². The number of nitro benzene ring substituents is 1. The highest BCUT2D eigenvalue weighted by Crippen LogP contribution is 2.40. The molecule has 0 bridgehead atoms. The highest BCUT2D eigenvalue weighted by Gasteiger charge is 2.22. The van der Waals surface area contributed by atoms with Crippen molar-refractivity contribution in [2.45, 2.75) is 0 Å². The van der Waals surface area contributed by atoms with E-state index in [2.05, 4.69) is 5.32 Å². The van der Waals surface area contributed by atoms with Crippen molar-refractivity contribution in [1.29, 1.82) is 0 Å². The lowest BCUT2D eigenvalue weighted by molar-refractivity contribution is -0.384. The molecule has 108 valence electrons. The number of nitro groups is 1. The number of benzene rings is 2. The molecule has 21 heavy (non-hydrogen) atoms. The zero-order valence-corrected chi connectivity index (χ0v) is 11.0. The minimum atomic E-state index is -0.460. The van der Waals surface area contributed by atoms with Crippen LogP contribution in [0.5, 0.6) is 11.5 Å². The van der Waals surface area contributed by atoms with Gasteiger partial charge in [-0.15, -0.1) is 0 Å². The van der Waals surface area contributed by atoms with Crippen molar-refractivity contribution in [2.75, 3.05) is 24.3 Å². The lowest BCUT2D eigenvalue weighted by Crippen LogP contribution is -2.15. The van der Waals surface area contributed by atoms with Crippen LogP contribution in [0.4, 0.5) is 22.7 Å². The van der Waals surface area contributed by atoms with Gasteiger partial charge >= 0.3 is 0 Å². The molecule has 2 aromatic rings. The third-order valence-corrected chi connectivity index (χ3v) is 3.05. The molecule has 1 heterocycles. The number of nitrogens with two attached hydrogens (primary N) is 1. The average Bonchev–Trinajstić information content (AvgIpc) is 2.48. The first-order valence-corrected chi connectivity index (χ1v) is 6.34. The molecule has 0 atom stereocenters. The molecular formula is C14H13N3O4. The van der Waals surface area contributed by atoms with E-state index < -0.39 is 4.92 Å². The molecule has 0 aliphatic carbocycles. The average molecular weight is 287 g/mol. The van der Waals surface area contributed by atoms with Crippen LogP contribution < -0.4 is 20.5 Å². The van der Waals surface area contributed by atoms with Gasteiger partial charge in [0, 0.05) is 17.4 Å². The second-order valence-corrected chi connectivity index (χ2v) is 4.52. The summed E-state index contributed by atoms with van der Waals surface area (Å²) in [5.74, 6) is 0.876. The van der Waals surface area contributed by atoms with Crippen molar-refractivity contribution >= 4 is 22.7 Å². The fraction of sp³-hybridized carbons (Fsp3) is 0.143. The first-order valence-electron chi connectivity index (χ1n) is 6.34. The van der Waals surface area contributed by atoms with E-state index in [1.807, 2.05) is 0 Å². The molecule has 7 nitrogen and oxygen atoms in total. The summed E-state index contributed by atoms with van der Waals surface area (Å²) in [4.78, 5) is 10.7. The maximum atomic E-state index is 11.2. The van der Waals surface area contributed by atoms with Crippen molar-refractivity contribution in [3.05, 3.63) is 46.5 Å². The number of hydrogen-bond acceptors (Lipinski definition) is 6. The van der Waals surface area contributed by atoms with Crippen molar-refractivity contribution in [2.24, 2.45) is 0 Å². The van der Waals surface area contributed by atoms with Crippen LogP contribution in [0.2, 0.25) is 0 Å². The summed E-state index contributed by atoms with van der Waals surface area (Å²) in [6.45, 7) is 0.807. The van der Waals surface area contributed by atoms with Crippen LogP contribution in [-0.4, -0.2) is 18.1 Å². The normalized spacial score (nSPS) is 12.8. The van der Waals surface area contributed by atoms with E-state index in [9.17, 15) is 10.1 Å². The predicted molar refractivity (Wildman–Crippen MR) is 78.2 cm³/mol. The second kappa shape index (κ2) is 5.20. The quantitative estimate of drug-likeness (QED) is 0.511. The first kappa shape index (κ1) is 13.0. The summed E-state index contributed by atoms with van der Waals surface area (Å²) in [7, 11) is 0. The molecule has 3 N–H and O–H groups in total. The lowest BCUT2D eigenvalue weighted by atomic mass is 10.2. The number of rotatable bonds is 3. The minimum absolute atomic E-state index is 0.0731. The summed E-state index contributed by atoms with van der Waals surface area (Å²) >= 11 is 0. The molecule has 1 aliphatic heterocycles. The lowest BCUT2D eigenvalue weighted by Gasteiger charge is -2.19. The summed E-state index contributed by atoms with van der Waals surface area (Å²) < 4.78 is 10.8. The maximum absolute atomic E-state index is 11.2. The SMILES string of the molecule is Nc1ccc(Nc2cc3c(cc2[N+](=O)[O-])OCCO3)cc1. The molecule has 0 radical (unpaired) electrons. The molecule has 2 aromatic carbocycles. The molecule has 1 aliphatic rings. The smallest absolute Gasteiger partial charge is 0.296 e. The number of anilines is 3. The molecule has 7 heteroatoms. The minimum Gasteiger partial charge on any atom is -0.486 e. The number of nitrogens with one attached hydrogen (secondary N) is 1. The monoisotopic (exact) mass is 287 g/mol. The van der Waals surface area contributed by atoms with Gasteiger partial charge in [0.25, 0.3) is 5.69 Å². The topological polar surface area (TPSA) is 99.7 Å². The number of ether oxygens (including phenoxy) is 2. The molecule has 0 saturated carbocycles. The van der Waals surface area contributed by atoms with Gasteiger partial charge in [-0.25, -0.2) is 0 Å². The molecule has 3 rings (SSSR count). The largest absolute Gasteiger partial charge is 0.486 e. The third kappa shape index (κ3) is 2.66. The Bertz CT molecular complexity index is 685. The second-order valence-electron chi connectivity index (χ2n) is 4.52. The van der Waals surface area contributed by atoms with E-state index in [0.29, 0.717) is 41.8 Å². The van der Waals surface area contributed by atoms with Crippen molar-refractivity contribution in [1.82, 2.24) is 0 Å². The van der Waals surface area contributed by atoms with Crippen molar-refractivity contribution in [3.63, 3.8) is 0 Å². The van der Waals surface area contributed by atoms with Gasteiger partial charge in [-0.1, -0.05) is 0 Å². The molecule has 0 amide bonds. The highest BCUT2D eigenvalue weighted by atomic mass is 16.6. The standard InChI is InChI=1S/C14H13N3O4/c15-9-1-3-10(4-2-9)16-11-7-13-14(21-6-5-20-13)8-12(11)17(18)19/h1-4,7-8,16H,5-6,15H2. The van der Waals surface area contributed by atoms with Gasteiger partial charge in [0.2, 0.25) is 0 Å². The molecule has 0 unspecified atom stereocenters. The van der Waals surface area contributed by atoms with E-state index in [4.69, 9.17) is 15.2 Å². The van der Waals surface area contributed by atoms with E-state index in [1.54, 1.807) is 30.3 Å². The number of hydrogen-bond donors (Lipinski definition) is 2. The summed E-state index contributed by atoms with van der Waals surface area (Å²) in [5.41, 5.74) is 7.21. The van der Waals surface area contributed by atoms with Crippen LogP contribution in [0.1, 0.15) is 0 Å². The van der Waals surface area contributed by atoms with Crippen LogP contribution in [0.3, 0.4) is 0 Å². The van der Waals surface area contributed by atoms with Gasteiger partial charge in [0.05, 0.1) is 11.0 Å². The van der Waals surface area contributed by atoms with Crippen LogP contribution in [0.15, 0.2) is 36.4 Å². The molecule has 0 fully saturated rings. The fourth-order valence-corrected chi connectivity index (χ4v) is 2.05. The zero-order valence-electron chi connectivity index (χ0n) is 11.0. The number of fused-ring (bicyclic) bond motifs is 1. The highest BCUT2D eigenvalue weighted by molar-refractivity contribution is 5.74. The Labute approximate surface area is 120 Å². The van der Waals surface area contributed by atoms with Crippen LogP contribution in [-0.2, 0) is 0 Å². The Morgan fingerprint density at radius 2 is 1.71 bits per heavy atom. The Morgan fingerprint density at radius 1 is 1.10 bits per heavy atom. The van der Waals surface area contributed by atoms with E-state index in [0.717, 1.165) is 0 Å². The molecule has 0 saturated heterocycles. The molecule has 0 aromatic heterocycles. The Hall–Kier alpha value is -2.96. The van der Waals surface area contributed by atoms with Gasteiger partial charge in [-0.3, -0.25) is 10.1 Å². The van der Waals surface area contributed by atoms with Gasteiger partial charge in [0.15, 0.2) is 11.5 Å². The van der Waals surface area contributed by atoms with E-state index >= 15 is 0 Å². The Kier molecular flexibility index (Phi) is 3.23. The Balaban J connectivity index is 1.99. The van der Waals surface area contributed by atoms with Crippen LogP contribution in [0, 0.1) is 10.1 Å². The maximum Gasteiger partial charge on any atom is 0.296 e. The van der Waals surface area contributed by atoms with Crippen LogP contribution in [0.25, 0.3) is 0 Å². The van der Waals surface area contributed by atoms with E-state index in [1.165, 1.54) is 6.07 Å². The Morgan fingerprint density at radius 3 is 2.33 bits per heavy atom. The van der Waals surface area contributed by atoms with Crippen molar-refractivity contribution in [3.8, 4) is 11.5 Å². The van der Waals surface area contributed by atoms with Gasteiger partial charge in [-0.2, -0.15) is 0 Å². The van der Waals surface area contributed by atoms with Gasteiger partial charge in [-0.05, 0) is 24.3 Å². The third-order valence-electron chi connectivity index (χ3n) is 3.05. The van der Waals surface area contributed by atoms with Gasteiger partial charge in [0.1, 0.15) is 18.9 Å². The number of nitrogens with zero attached hydrogens (tertiary/aromatic N) is 1. The van der Waals surface area contributed by atoms with Gasteiger partial charge < -0.3 is 20.5 Å². The molecule has 0 spiro atoms. The summed E-state index contributed by atoms with van der Waals surface area (Å²) in [6.07, 6.45) is 0. The summed E-state index contributed by atoms with van der Waals surface area (Å²) in [5, 5.41) is 14.2. The first-order chi connectivity index (χ1) is 10.1. The zero-order chi connectivity index (χ0) is 14.8. The summed E-state index contributed by atoms with van der Waals surface area (Å²) in [6, 6.07) is 9.86.